The smallest absolute Gasteiger partial charge is 0.326 e. The summed E-state index contributed by atoms with van der Waals surface area (Å²) < 4.78 is 1.89. The fourth-order valence-corrected chi connectivity index (χ4v) is 2.04. The van der Waals surface area contributed by atoms with Gasteiger partial charge in [0.05, 0.1) is 5.69 Å². The van der Waals surface area contributed by atoms with Crippen LogP contribution in [0.4, 0.5) is 4.79 Å². The molecule has 7 nitrogen and oxygen atoms in total. The Bertz CT molecular complexity index is 496. The molecule has 1 aromatic rings. The fourth-order valence-electron chi connectivity index (χ4n) is 2.04. The summed E-state index contributed by atoms with van der Waals surface area (Å²) in [4.78, 5) is 22.6. The van der Waals surface area contributed by atoms with Crippen LogP contribution in [0.1, 0.15) is 31.7 Å². The summed E-state index contributed by atoms with van der Waals surface area (Å²) in [5, 5.41) is 18.4. The molecule has 0 saturated heterocycles. The molecule has 118 valence electrons. The summed E-state index contributed by atoms with van der Waals surface area (Å²) in [6.45, 7) is 8.61. The quantitative estimate of drug-likeness (QED) is 0.661. The first-order valence-corrected chi connectivity index (χ1v) is 7.09. The average molecular weight is 296 g/mol. The molecule has 0 aliphatic heterocycles. The molecule has 0 aliphatic rings. The molecule has 1 heterocycles. The number of nitrogens with zero attached hydrogens (tertiary/aromatic N) is 2. The van der Waals surface area contributed by atoms with E-state index >= 15 is 0 Å². The van der Waals surface area contributed by atoms with Gasteiger partial charge in [0, 0.05) is 18.8 Å². The van der Waals surface area contributed by atoms with E-state index in [9.17, 15) is 9.59 Å². The molecule has 0 fully saturated rings. The first kappa shape index (κ1) is 17.0. The van der Waals surface area contributed by atoms with Crippen molar-refractivity contribution in [1.82, 2.24) is 20.4 Å². The highest BCUT2D eigenvalue weighted by Gasteiger charge is 2.22. The SMILES string of the molecule is Cc1cc(C)n(CCCNC(=O)N[C@@H](C(=O)O)C(C)C)n1. The topological polar surface area (TPSA) is 96.2 Å². The third kappa shape index (κ3) is 5.45. The number of carboxylic acid groups (broad SMARTS) is 1. The van der Waals surface area contributed by atoms with E-state index < -0.39 is 18.0 Å². The molecule has 1 aromatic heterocycles. The fraction of sp³-hybridized carbons (Fsp3) is 0.643. The summed E-state index contributed by atoms with van der Waals surface area (Å²) in [5.74, 6) is -1.19. The van der Waals surface area contributed by atoms with Crippen molar-refractivity contribution in [3.8, 4) is 0 Å². The maximum absolute atomic E-state index is 11.6. The van der Waals surface area contributed by atoms with Crippen LogP contribution < -0.4 is 10.6 Å². The van der Waals surface area contributed by atoms with E-state index in [1.807, 2.05) is 24.6 Å². The summed E-state index contributed by atoms with van der Waals surface area (Å²) in [5.41, 5.74) is 2.06. The van der Waals surface area contributed by atoms with E-state index in [2.05, 4.69) is 15.7 Å². The van der Waals surface area contributed by atoms with Gasteiger partial charge in [-0.05, 0) is 32.3 Å². The highest BCUT2D eigenvalue weighted by atomic mass is 16.4. The van der Waals surface area contributed by atoms with Gasteiger partial charge in [-0.25, -0.2) is 9.59 Å². The number of carbonyl (C=O) groups excluding carboxylic acids is 1. The molecule has 0 saturated carbocycles. The van der Waals surface area contributed by atoms with Crippen LogP contribution in [0.3, 0.4) is 0 Å². The predicted molar refractivity (Wildman–Crippen MR) is 79.1 cm³/mol. The van der Waals surface area contributed by atoms with Crippen molar-refractivity contribution >= 4 is 12.0 Å². The number of carboxylic acids is 1. The molecule has 0 bridgehead atoms. The van der Waals surface area contributed by atoms with Crippen LogP contribution in [0.15, 0.2) is 6.07 Å². The highest BCUT2D eigenvalue weighted by Crippen LogP contribution is 2.03. The second-order valence-corrected chi connectivity index (χ2v) is 5.46. The molecule has 21 heavy (non-hydrogen) atoms. The normalized spacial score (nSPS) is 12.2. The Morgan fingerprint density at radius 2 is 2.05 bits per heavy atom. The number of aromatic nitrogens is 2. The van der Waals surface area contributed by atoms with Crippen molar-refractivity contribution < 1.29 is 14.7 Å². The third-order valence-electron chi connectivity index (χ3n) is 3.15. The van der Waals surface area contributed by atoms with Crippen molar-refractivity contribution in [1.29, 1.82) is 0 Å². The van der Waals surface area contributed by atoms with Crippen molar-refractivity contribution in [2.24, 2.45) is 5.92 Å². The van der Waals surface area contributed by atoms with Gasteiger partial charge in [-0.1, -0.05) is 13.8 Å². The van der Waals surface area contributed by atoms with E-state index in [4.69, 9.17) is 5.11 Å². The molecular formula is C14H24N4O3. The minimum Gasteiger partial charge on any atom is -0.480 e. The molecule has 7 heteroatoms. The first-order valence-electron chi connectivity index (χ1n) is 7.09. The number of amides is 2. The molecule has 0 radical (unpaired) electrons. The largest absolute Gasteiger partial charge is 0.480 e. The Hall–Kier alpha value is -2.05. The van der Waals surface area contributed by atoms with Gasteiger partial charge in [0.15, 0.2) is 0 Å². The zero-order chi connectivity index (χ0) is 16.0. The number of carbonyl (C=O) groups is 2. The van der Waals surface area contributed by atoms with Crippen LogP contribution in [0, 0.1) is 19.8 Å². The van der Waals surface area contributed by atoms with Crippen LogP contribution >= 0.6 is 0 Å². The molecule has 2 amide bonds. The standard InChI is InChI=1S/C14H24N4O3/c1-9(2)12(13(19)20)16-14(21)15-6-5-7-18-11(4)8-10(3)17-18/h8-9,12H,5-7H2,1-4H3,(H,19,20)(H2,15,16,21)/t12-/m1/s1. The van der Waals surface area contributed by atoms with Gasteiger partial charge in [0.2, 0.25) is 0 Å². The Morgan fingerprint density at radius 1 is 1.38 bits per heavy atom. The Morgan fingerprint density at radius 3 is 2.52 bits per heavy atom. The lowest BCUT2D eigenvalue weighted by atomic mass is 10.1. The van der Waals surface area contributed by atoms with Crippen LogP contribution in [-0.2, 0) is 11.3 Å². The molecule has 0 aromatic carbocycles. The third-order valence-corrected chi connectivity index (χ3v) is 3.15. The lowest BCUT2D eigenvalue weighted by molar-refractivity contribution is -0.140. The maximum Gasteiger partial charge on any atom is 0.326 e. The minimum atomic E-state index is -1.03. The van der Waals surface area contributed by atoms with E-state index in [-0.39, 0.29) is 5.92 Å². The minimum absolute atomic E-state index is 0.164. The van der Waals surface area contributed by atoms with Gasteiger partial charge in [0.1, 0.15) is 6.04 Å². The number of hydrogen-bond acceptors (Lipinski definition) is 3. The van der Waals surface area contributed by atoms with Crippen LogP contribution in [0.5, 0.6) is 0 Å². The monoisotopic (exact) mass is 296 g/mol. The number of nitrogens with one attached hydrogen (secondary N) is 2. The van der Waals surface area contributed by atoms with E-state index in [1.54, 1.807) is 13.8 Å². The Labute approximate surface area is 124 Å². The lowest BCUT2D eigenvalue weighted by Crippen LogP contribution is -2.48. The van der Waals surface area contributed by atoms with Gasteiger partial charge in [-0.3, -0.25) is 4.68 Å². The van der Waals surface area contributed by atoms with E-state index in [1.165, 1.54) is 0 Å². The lowest BCUT2D eigenvalue weighted by Gasteiger charge is -2.18. The zero-order valence-corrected chi connectivity index (χ0v) is 13.0. The van der Waals surface area contributed by atoms with Crippen molar-refractivity contribution in [3.05, 3.63) is 17.5 Å². The number of hydrogen-bond donors (Lipinski definition) is 3. The van der Waals surface area contributed by atoms with Crippen molar-refractivity contribution in [2.45, 2.75) is 46.7 Å². The summed E-state index contributed by atoms with van der Waals surface area (Å²) in [6.07, 6.45) is 0.731. The molecule has 1 atom stereocenters. The molecule has 0 spiro atoms. The molecular weight excluding hydrogens is 272 g/mol. The van der Waals surface area contributed by atoms with Gasteiger partial charge < -0.3 is 15.7 Å². The summed E-state index contributed by atoms with van der Waals surface area (Å²) >= 11 is 0. The summed E-state index contributed by atoms with van der Waals surface area (Å²) in [6, 6.07) is 0.672. The van der Waals surface area contributed by atoms with Crippen LogP contribution in [0.2, 0.25) is 0 Å². The number of aryl methyl sites for hydroxylation is 3. The molecule has 1 rings (SSSR count). The first-order chi connectivity index (χ1) is 9.81. The predicted octanol–water partition coefficient (Wildman–Crippen LogP) is 1.30. The van der Waals surface area contributed by atoms with Gasteiger partial charge in [-0.2, -0.15) is 5.10 Å². The number of aliphatic carboxylic acids is 1. The average Bonchev–Trinajstić information content (AvgIpc) is 2.69. The molecule has 0 aliphatic carbocycles. The molecule has 3 N–H and O–H groups in total. The number of rotatable bonds is 7. The summed E-state index contributed by atoms with van der Waals surface area (Å²) in [7, 11) is 0. The highest BCUT2D eigenvalue weighted by molar-refractivity contribution is 5.82. The van der Waals surface area contributed by atoms with Crippen molar-refractivity contribution in [3.63, 3.8) is 0 Å². The van der Waals surface area contributed by atoms with Crippen LogP contribution in [-0.4, -0.2) is 39.5 Å². The van der Waals surface area contributed by atoms with Gasteiger partial charge >= 0.3 is 12.0 Å². The zero-order valence-electron chi connectivity index (χ0n) is 13.0. The second kappa shape index (κ2) is 7.66. The van der Waals surface area contributed by atoms with E-state index in [0.717, 1.165) is 17.8 Å². The molecule has 0 unspecified atom stereocenters. The van der Waals surface area contributed by atoms with Crippen LogP contribution in [0.25, 0.3) is 0 Å². The number of urea groups is 1. The van der Waals surface area contributed by atoms with E-state index in [0.29, 0.717) is 13.1 Å². The van der Waals surface area contributed by atoms with Crippen molar-refractivity contribution in [2.75, 3.05) is 6.54 Å². The Balaban J connectivity index is 2.30. The van der Waals surface area contributed by atoms with Gasteiger partial charge in [0.25, 0.3) is 0 Å². The second-order valence-electron chi connectivity index (χ2n) is 5.46. The maximum atomic E-state index is 11.6. The van der Waals surface area contributed by atoms with Gasteiger partial charge in [-0.15, -0.1) is 0 Å². The Kier molecular flexibility index (Phi) is 6.20.